The van der Waals surface area contributed by atoms with Crippen molar-refractivity contribution in [2.45, 2.75) is 11.1 Å². The van der Waals surface area contributed by atoms with Crippen LogP contribution in [0.25, 0.3) is 0 Å². The van der Waals surface area contributed by atoms with Crippen molar-refractivity contribution in [1.82, 2.24) is 9.37 Å². The van der Waals surface area contributed by atoms with Gasteiger partial charge in [-0.1, -0.05) is 24.3 Å². The van der Waals surface area contributed by atoms with Crippen molar-refractivity contribution in [2.24, 2.45) is 0 Å². The number of hydrogen-bond acceptors (Lipinski definition) is 4. The molecule has 2 atom stereocenters. The molecule has 0 saturated carbocycles. The molecule has 0 aliphatic carbocycles. The summed E-state index contributed by atoms with van der Waals surface area (Å²) < 4.78 is 25.6. The molecule has 0 N–H and O–H groups in total. The summed E-state index contributed by atoms with van der Waals surface area (Å²) in [5.74, 6) is 0. The maximum absolute atomic E-state index is 12.3. The van der Waals surface area contributed by atoms with Gasteiger partial charge in [-0.05, 0) is 34.5 Å². The lowest BCUT2D eigenvalue weighted by atomic mass is 10.2. The van der Waals surface area contributed by atoms with Crippen molar-refractivity contribution in [3.8, 4) is 0 Å². The van der Waals surface area contributed by atoms with E-state index in [2.05, 4.69) is 0 Å². The van der Waals surface area contributed by atoms with Crippen LogP contribution in [-0.4, -0.2) is 37.6 Å². The average Bonchev–Trinajstić information content (AvgIpc) is 3.21. The van der Waals surface area contributed by atoms with Crippen molar-refractivity contribution in [2.75, 3.05) is 13.6 Å². The number of sulfonamides is 1. The third kappa shape index (κ3) is 2.73. The van der Waals surface area contributed by atoms with E-state index in [1.807, 2.05) is 30.3 Å². The zero-order valence-corrected chi connectivity index (χ0v) is 12.4. The van der Waals surface area contributed by atoms with E-state index in [4.69, 9.17) is 4.84 Å². The summed E-state index contributed by atoms with van der Waals surface area (Å²) in [5, 5.41) is 0. The Bertz CT molecular complexity index is 643. The highest BCUT2D eigenvalue weighted by atomic mass is 35.5. The Balaban J connectivity index is 0.00000147. The Morgan fingerprint density at radius 1 is 1.25 bits per heavy atom. The molecule has 3 rings (SSSR count). The van der Waals surface area contributed by atoms with E-state index in [9.17, 15) is 8.42 Å². The molecular weight excluding hydrogens is 300 g/mol. The van der Waals surface area contributed by atoms with Gasteiger partial charge in [-0.2, -0.15) is 0 Å². The SMILES string of the molecule is CN1C=CC=C(C2ON2S(=O)(=O)c2ccccc2)C1.[Cl-]. The molecule has 108 valence electrons. The first kappa shape index (κ1) is 15.1. The highest BCUT2D eigenvalue weighted by molar-refractivity contribution is 7.89. The summed E-state index contributed by atoms with van der Waals surface area (Å²) in [6, 6.07) is 8.30. The lowest BCUT2D eigenvalue weighted by Crippen LogP contribution is -3.00. The Hall–Kier alpha value is -1.34. The Kier molecular flexibility index (Phi) is 4.19. The van der Waals surface area contributed by atoms with Crippen LogP contribution in [-0.2, 0) is 14.9 Å². The fraction of sp³-hybridized carbons (Fsp3) is 0.231. The van der Waals surface area contributed by atoms with Crippen LogP contribution >= 0.6 is 0 Å². The van der Waals surface area contributed by atoms with Crippen molar-refractivity contribution in [3.63, 3.8) is 0 Å². The molecule has 0 bridgehead atoms. The first-order valence-corrected chi connectivity index (χ1v) is 7.37. The smallest absolute Gasteiger partial charge is 0.267 e. The van der Waals surface area contributed by atoms with Gasteiger partial charge >= 0.3 is 0 Å². The van der Waals surface area contributed by atoms with E-state index >= 15 is 0 Å². The molecule has 1 fully saturated rings. The molecule has 7 heteroatoms. The maximum Gasteiger partial charge on any atom is 0.267 e. The van der Waals surface area contributed by atoms with Crippen molar-refractivity contribution >= 4 is 10.0 Å². The summed E-state index contributed by atoms with van der Waals surface area (Å²) in [7, 11) is -1.62. The zero-order valence-electron chi connectivity index (χ0n) is 10.8. The van der Waals surface area contributed by atoms with Gasteiger partial charge in [0, 0.05) is 13.6 Å². The minimum absolute atomic E-state index is 0. The molecule has 0 spiro atoms. The molecule has 2 heterocycles. The Morgan fingerprint density at radius 3 is 2.60 bits per heavy atom. The first-order valence-electron chi connectivity index (χ1n) is 5.93. The quantitative estimate of drug-likeness (QED) is 0.627. The minimum atomic E-state index is -3.55. The highest BCUT2D eigenvalue weighted by Crippen LogP contribution is 2.35. The monoisotopic (exact) mass is 313 g/mol. The van der Waals surface area contributed by atoms with Gasteiger partial charge in [0.2, 0.25) is 0 Å². The molecule has 2 aliphatic rings. The molecule has 2 unspecified atom stereocenters. The Labute approximate surface area is 124 Å². The third-order valence-corrected chi connectivity index (χ3v) is 4.65. The molecule has 1 saturated heterocycles. The summed E-state index contributed by atoms with van der Waals surface area (Å²) in [5.41, 5.74) is 0.935. The van der Waals surface area contributed by atoms with Crippen LogP contribution in [0.5, 0.6) is 0 Å². The van der Waals surface area contributed by atoms with Crippen LogP contribution in [0, 0.1) is 0 Å². The predicted octanol–water partition coefficient (Wildman–Crippen LogP) is -1.66. The van der Waals surface area contributed by atoms with Crippen LogP contribution in [0.2, 0.25) is 0 Å². The van der Waals surface area contributed by atoms with Crippen LogP contribution < -0.4 is 12.4 Å². The fourth-order valence-electron chi connectivity index (χ4n) is 2.02. The van der Waals surface area contributed by atoms with Crippen molar-refractivity contribution in [1.29, 1.82) is 0 Å². The van der Waals surface area contributed by atoms with Gasteiger partial charge in [-0.25, -0.2) is 8.42 Å². The van der Waals surface area contributed by atoms with Gasteiger partial charge in [-0.15, -0.1) is 0 Å². The molecular formula is C13H14ClN2O3S-. The second-order valence-corrected chi connectivity index (χ2v) is 6.31. The minimum Gasteiger partial charge on any atom is -1.00 e. The van der Waals surface area contributed by atoms with Crippen molar-refractivity contribution in [3.05, 3.63) is 54.3 Å². The second-order valence-electron chi connectivity index (χ2n) is 4.53. The topological polar surface area (TPSA) is 52.9 Å². The molecule has 20 heavy (non-hydrogen) atoms. The van der Waals surface area contributed by atoms with Crippen LogP contribution in [0.4, 0.5) is 0 Å². The van der Waals surface area contributed by atoms with Gasteiger partial charge < -0.3 is 17.3 Å². The molecule has 2 aliphatic heterocycles. The molecule has 0 amide bonds. The number of hydrogen-bond donors (Lipinski definition) is 0. The number of hydroxylamine groups is 1. The lowest BCUT2D eigenvalue weighted by Gasteiger charge is -2.18. The van der Waals surface area contributed by atoms with E-state index in [0.717, 1.165) is 10.0 Å². The van der Waals surface area contributed by atoms with Crippen LogP contribution in [0.3, 0.4) is 0 Å². The molecule has 0 radical (unpaired) electrons. The largest absolute Gasteiger partial charge is 1.00 e. The van der Waals surface area contributed by atoms with Crippen LogP contribution in [0.1, 0.15) is 0 Å². The normalized spacial score (nSPS) is 24.9. The van der Waals surface area contributed by atoms with E-state index in [0.29, 0.717) is 6.54 Å². The zero-order chi connectivity index (χ0) is 13.5. The van der Waals surface area contributed by atoms with Gasteiger partial charge in [-0.3, -0.25) is 4.84 Å². The predicted molar refractivity (Wildman–Crippen MR) is 70.2 cm³/mol. The Morgan fingerprint density at radius 2 is 1.95 bits per heavy atom. The lowest BCUT2D eigenvalue weighted by molar-refractivity contribution is -0.00000648. The van der Waals surface area contributed by atoms with Crippen molar-refractivity contribution < 1.29 is 25.7 Å². The summed E-state index contributed by atoms with van der Waals surface area (Å²) in [4.78, 5) is 7.47. The molecule has 0 aromatic heterocycles. The van der Waals surface area contributed by atoms with Gasteiger partial charge in [0.05, 0.1) is 4.90 Å². The number of likely N-dealkylation sites (N-methyl/N-ethyl adjacent to an activating group) is 1. The molecule has 1 aromatic rings. The van der Waals surface area contributed by atoms with Gasteiger partial charge in [0.25, 0.3) is 10.0 Å². The van der Waals surface area contributed by atoms with Gasteiger partial charge in [0.1, 0.15) is 0 Å². The van der Waals surface area contributed by atoms with E-state index in [1.165, 1.54) is 0 Å². The summed E-state index contributed by atoms with van der Waals surface area (Å²) >= 11 is 0. The number of benzene rings is 1. The standard InChI is InChI=1S/C13H14N2O3S.ClH/c1-14-9-5-6-11(10-14)13-15(18-13)19(16,17)12-7-3-2-4-8-12;/h2-9,13H,10H2,1H3;1H/p-1. The number of halogens is 1. The molecule has 5 nitrogen and oxygen atoms in total. The van der Waals surface area contributed by atoms with E-state index in [1.54, 1.807) is 30.3 Å². The fourth-order valence-corrected chi connectivity index (χ4v) is 3.31. The van der Waals surface area contributed by atoms with E-state index < -0.39 is 16.3 Å². The number of allylic oxidation sites excluding steroid dienone is 2. The first-order chi connectivity index (χ1) is 9.09. The number of nitrogens with zero attached hydrogens (tertiary/aromatic N) is 2. The van der Waals surface area contributed by atoms with E-state index in [-0.39, 0.29) is 17.3 Å². The second kappa shape index (κ2) is 5.57. The maximum atomic E-state index is 12.3. The van der Waals surface area contributed by atoms with Crippen LogP contribution in [0.15, 0.2) is 59.2 Å². The van der Waals surface area contributed by atoms with Gasteiger partial charge in [0.15, 0.2) is 6.23 Å². The summed E-state index contributed by atoms with van der Waals surface area (Å²) in [6.45, 7) is 0.669. The highest BCUT2D eigenvalue weighted by Gasteiger charge is 2.49. The summed E-state index contributed by atoms with van der Waals surface area (Å²) in [6.07, 6.45) is 5.23. The average molecular weight is 314 g/mol. The molecule has 1 aromatic carbocycles. The third-order valence-electron chi connectivity index (χ3n) is 3.03. The number of rotatable bonds is 3.